The molecule has 0 N–H and O–H groups in total. The van der Waals surface area contributed by atoms with Crippen LogP contribution < -0.4 is 0 Å². The quantitative estimate of drug-likeness (QED) is 0.413. The Hall–Kier alpha value is -2.15. The fourth-order valence-corrected chi connectivity index (χ4v) is 1.80. The van der Waals surface area contributed by atoms with Crippen LogP contribution in [0.15, 0.2) is 84.6 Å². The van der Waals surface area contributed by atoms with Crippen LogP contribution in [0.2, 0.25) is 0 Å². The summed E-state index contributed by atoms with van der Waals surface area (Å²) in [5.74, 6) is 0.147. The van der Waals surface area contributed by atoms with Gasteiger partial charge in [-0.05, 0) is 25.3 Å². The molecule has 0 atom stereocenters. The Morgan fingerprint density at radius 1 is 1.32 bits per heavy atom. The van der Waals surface area contributed by atoms with Gasteiger partial charge < -0.3 is 0 Å². The van der Waals surface area contributed by atoms with Gasteiger partial charge in [-0.3, -0.25) is 4.79 Å². The van der Waals surface area contributed by atoms with E-state index in [0.717, 1.165) is 24.0 Å². The normalized spacial score (nSPS) is 14.5. The number of rotatable bonds is 7. The number of Topliss-reactive ketones (excluding diaryl/α,β-unsaturated/α-hetero) is 1. The minimum Gasteiger partial charge on any atom is -0.294 e. The largest absolute Gasteiger partial charge is 0.294 e. The third-order valence-corrected chi connectivity index (χ3v) is 2.87. The lowest BCUT2D eigenvalue weighted by Gasteiger charge is -2.03. The van der Waals surface area contributed by atoms with E-state index < -0.39 is 0 Å². The maximum Gasteiger partial charge on any atom is 0.167 e. The lowest BCUT2D eigenvalue weighted by molar-refractivity contribution is -0.114. The van der Waals surface area contributed by atoms with Gasteiger partial charge in [-0.15, -0.1) is 0 Å². The molecule has 0 radical (unpaired) electrons. The molecule has 1 aliphatic rings. The molecule has 22 heavy (non-hydrogen) atoms. The molecule has 0 bridgehead atoms. The summed E-state index contributed by atoms with van der Waals surface area (Å²) < 4.78 is 0. The standard InChI is InChI=1S/C19H22O.C2H6/c1-3-5-9-13-17(12-6-4-2)16-19(20)18-14-10-7-8-11-15-18;1-2/h3-7,10-15H,2,8-9,16H2,1H3;1-2H3/b5-3-,12-6-,17-13?;. The Balaban J connectivity index is 0.00000211. The second-order valence-corrected chi connectivity index (χ2v) is 4.47. The zero-order valence-electron chi connectivity index (χ0n) is 14.1. The zero-order chi connectivity index (χ0) is 16.6. The molecule has 0 fully saturated rings. The Labute approximate surface area is 135 Å². The van der Waals surface area contributed by atoms with Crippen molar-refractivity contribution in [3.8, 4) is 0 Å². The maximum absolute atomic E-state index is 12.3. The molecule has 0 saturated heterocycles. The zero-order valence-corrected chi connectivity index (χ0v) is 14.1. The van der Waals surface area contributed by atoms with Gasteiger partial charge >= 0.3 is 0 Å². The van der Waals surface area contributed by atoms with E-state index in [1.165, 1.54) is 0 Å². The van der Waals surface area contributed by atoms with Crippen molar-refractivity contribution in [2.75, 3.05) is 0 Å². The predicted octanol–water partition coefficient (Wildman–Crippen LogP) is 6.05. The lowest BCUT2D eigenvalue weighted by Crippen LogP contribution is -2.01. The second-order valence-electron chi connectivity index (χ2n) is 4.47. The van der Waals surface area contributed by atoms with E-state index in [1.807, 2.05) is 69.4 Å². The Morgan fingerprint density at radius 2 is 2.09 bits per heavy atom. The number of allylic oxidation sites excluding steroid dienone is 13. The Bertz CT molecular complexity index is 508. The number of carbonyl (C=O) groups is 1. The molecule has 1 heteroatoms. The molecular formula is C21H28O. The first-order chi connectivity index (χ1) is 10.8. The fourth-order valence-electron chi connectivity index (χ4n) is 1.80. The van der Waals surface area contributed by atoms with Crippen molar-refractivity contribution < 1.29 is 4.79 Å². The van der Waals surface area contributed by atoms with E-state index in [0.29, 0.717) is 6.42 Å². The molecule has 0 heterocycles. The van der Waals surface area contributed by atoms with Crippen LogP contribution in [0, 0.1) is 0 Å². The van der Waals surface area contributed by atoms with Gasteiger partial charge in [0.15, 0.2) is 5.78 Å². The van der Waals surface area contributed by atoms with E-state index >= 15 is 0 Å². The van der Waals surface area contributed by atoms with Gasteiger partial charge in [0.05, 0.1) is 0 Å². The van der Waals surface area contributed by atoms with E-state index in [2.05, 4.69) is 18.7 Å². The van der Waals surface area contributed by atoms with Crippen molar-refractivity contribution in [1.29, 1.82) is 0 Å². The van der Waals surface area contributed by atoms with Crippen molar-refractivity contribution in [1.82, 2.24) is 0 Å². The van der Waals surface area contributed by atoms with E-state index in [4.69, 9.17) is 0 Å². The maximum atomic E-state index is 12.3. The summed E-state index contributed by atoms with van der Waals surface area (Å²) in [6.07, 6.45) is 23.6. The molecule has 0 spiro atoms. The molecule has 0 aliphatic heterocycles. The highest BCUT2D eigenvalue weighted by Gasteiger charge is 2.08. The third kappa shape index (κ3) is 8.91. The first kappa shape index (κ1) is 19.9. The molecule has 0 amide bonds. The average molecular weight is 296 g/mol. The van der Waals surface area contributed by atoms with E-state index in [-0.39, 0.29) is 5.78 Å². The van der Waals surface area contributed by atoms with Crippen molar-refractivity contribution in [3.63, 3.8) is 0 Å². The smallest absolute Gasteiger partial charge is 0.167 e. The van der Waals surface area contributed by atoms with Crippen LogP contribution >= 0.6 is 0 Å². The minimum absolute atomic E-state index is 0.147. The van der Waals surface area contributed by atoms with E-state index in [1.54, 1.807) is 6.08 Å². The van der Waals surface area contributed by atoms with E-state index in [9.17, 15) is 4.79 Å². The van der Waals surface area contributed by atoms with Crippen molar-refractivity contribution >= 4 is 5.78 Å². The molecule has 1 nitrogen and oxygen atoms in total. The van der Waals surface area contributed by atoms with Crippen LogP contribution in [0.5, 0.6) is 0 Å². The molecule has 1 aliphatic carbocycles. The number of ketones is 1. The lowest BCUT2D eigenvalue weighted by atomic mass is 10.0. The molecule has 0 aromatic rings. The summed E-state index contributed by atoms with van der Waals surface area (Å²) in [5, 5.41) is 0. The van der Waals surface area contributed by atoms with Crippen molar-refractivity contribution in [2.24, 2.45) is 0 Å². The van der Waals surface area contributed by atoms with Crippen LogP contribution in [-0.2, 0) is 4.79 Å². The molecule has 118 valence electrons. The summed E-state index contributed by atoms with van der Waals surface area (Å²) in [7, 11) is 0. The van der Waals surface area contributed by atoms with Gasteiger partial charge in [0.2, 0.25) is 0 Å². The number of carbonyl (C=O) groups excluding carboxylic acids is 1. The molecule has 0 saturated carbocycles. The molecular weight excluding hydrogens is 268 g/mol. The third-order valence-electron chi connectivity index (χ3n) is 2.87. The summed E-state index contributed by atoms with van der Waals surface area (Å²) in [4.78, 5) is 12.3. The molecule has 0 unspecified atom stereocenters. The predicted molar refractivity (Wildman–Crippen MR) is 98.8 cm³/mol. The first-order valence-electron chi connectivity index (χ1n) is 7.93. The van der Waals surface area contributed by atoms with Gasteiger partial charge in [0, 0.05) is 12.0 Å². The number of hydrogen-bond donors (Lipinski definition) is 0. The molecule has 1 rings (SSSR count). The van der Waals surface area contributed by atoms with Gasteiger partial charge in [0.1, 0.15) is 0 Å². The van der Waals surface area contributed by atoms with Gasteiger partial charge in [-0.25, -0.2) is 0 Å². The van der Waals surface area contributed by atoms with Crippen molar-refractivity contribution in [2.45, 2.75) is 40.0 Å². The highest BCUT2D eigenvalue weighted by atomic mass is 16.1. The summed E-state index contributed by atoms with van der Waals surface area (Å²) >= 11 is 0. The molecule has 0 aromatic carbocycles. The highest BCUT2D eigenvalue weighted by Crippen LogP contribution is 2.14. The monoisotopic (exact) mass is 296 g/mol. The summed E-state index contributed by atoms with van der Waals surface area (Å²) in [5.41, 5.74) is 1.79. The van der Waals surface area contributed by atoms with Gasteiger partial charge in [0.25, 0.3) is 0 Å². The van der Waals surface area contributed by atoms with Gasteiger partial charge in [-0.2, -0.15) is 0 Å². The minimum atomic E-state index is 0.147. The number of hydrogen-bond acceptors (Lipinski definition) is 1. The van der Waals surface area contributed by atoms with Crippen molar-refractivity contribution in [3.05, 3.63) is 84.6 Å². The summed E-state index contributed by atoms with van der Waals surface area (Å²) in [6, 6.07) is 0. The fraction of sp³-hybridized carbons (Fsp3) is 0.286. The topological polar surface area (TPSA) is 17.1 Å². The van der Waals surface area contributed by atoms with Crippen LogP contribution in [-0.4, -0.2) is 5.78 Å². The Morgan fingerprint density at radius 3 is 2.77 bits per heavy atom. The molecule has 0 aromatic heterocycles. The highest BCUT2D eigenvalue weighted by molar-refractivity contribution is 6.00. The Kier molecular flexibility index (Phi) is 12.5. The van der Waals surface area contributed by atoms with Crippen LogP contribution in [0.1, 0.15) is 40.0 Å². The van der Waals surface area contributed by atoms with Crippen LogP contribution in [0.3, 0.4) is 0 Å². The first-order valence-corrected chi connectivity index (χ1v) is 7.93. The average Bonchev–Trinajstić information content (AvgIpc) is 2.83. The second kappa shape index (κ2) is 13.8. The van der Waals surface area contributed by atoms with Gasteiger partial charge in [-0.1, -0.05) is 87.3 Å². The van der Waals surface area contributed by atoms with Crippen LogP contribution in [0.25, 0.3) is 0 Å². The van der Waals surface area contributed by atoms with Crippen LogP contribution in [0.4, 0.5) is 0 Å². The summed E-state index contributed by atoms with van der Waals surface area (Å²) in [6.45, 7) is 9.66. The SMILES string of the molecule is C=C/C=C\C(=CC/C=C\C)CC(=O)C1=CC=CCC=C1.CC.